The van der Waals surface area contributed by atoms with Crippen molar-refractivity contribution < 1.29 is 2.81 Å². The predicted molar refractivity (Wildman–Crippen MR) is 17.9 cm³/mol. The minimum absolute atomic E-state index is 0. The molecule has 0 rings (SSSR count). The Morgan fingerprint density at radius 2 is 1.25 bits per heavy atom. The Morgan fingerprint density at radius 3 is 1.25 bits per heavy atom. The van der Waals surface area contributed by atoms with E-state index in [9.17, 15) is 0 Å². The molecule has 0 N–H and O–H groups in total. The fraction of sp³-hybridized carbons (Fsp3) is 0. The van der Waals surface area contributed by atoms with Crippen molar-refractivity contribution in [3.8, 4) is 0 Å². The second-order valence-corrected chi connectivity index (χ2v) is 0. The molecule has 0 aliphatic rings. The van der Waals surface area contributed by atoms with E-state index in [1.54, 1.807) is 0 Å². The van der Waals surface area contributed by atoms with Crippen LogP contribution < -0.4 is 0 Å². The van der Waals surface area contributed by atoms with Crippen molar-refractivity contribution in [1.29, 1.82) is 0 Å². The summed E-state index contributed by atoms with van der Waals surface area (Å²) in [7, 11) is 0. The Labute approximate surface area is 74.6 Å². The minimum atomic E-state index is 0. The van der Waals surface area contributed by atoms with Crippen LogP contribution in [-0.4, -0.2) is 73.1 Å². The zero-order chi connectivity index (χ0) is 2.00. The molecule has 0 spiro atoms. The first kappa shape index (κ1) is 16.3. The maximum absolute atomic E-state index is 8.36. The van der Waals surface area contributed by atoms with E-state index in [-0.39, 0.29) is 73.1 Å². The SMILES string of the molecule is [O]=[Bi].[Sb].[Sn]. The fourth-order valence-electron chi connectivity index (χ4n) is 0. The normalized spacial score (nSPS) is 1.00. The topological polar surface area (TPSA) is 17.1 Å². The first-order valence-electron chi connectivity index (χ1n) is 0.183. The second kappa shape index (κ2) is 18.5. The van der Waals surface area contributed by atoms with Gasteiger partial charge in [0.25, 0.3) is 0 Å². The molecule has 0 amide bonds. The van der Waals surface area contributed by atoms with Crippen molar-refractivity contribution in [3.63, 3.8) is 0 Å². The standard InChI is InChI=1S/Bi.O.Sb.Sn. The molecule has 0 aromatic carbocycles. The van der Waals surface area contributed by atoms with Crippen molar-refractivity contribution in [1.82, 2.24) is 0 Å². The molecule has 0 bridgehead atoms. The van der Waals surface area contributed by atoms with Gasteiger partial charge in [-0.3, -0.25) is 0 Å². The van der Waals surface area contributed by atoms with Crippen molar-refractivity contribution in [2.45, 2.75) is 0 Å². The van der Waals surface area contributed by atoms with Gasteiger partial charge in [0, 0.05) is 48.3 Å². The third-order valence-corrected chi connectivity index (χ3v) is 0. The summed E-state index contributed by atoms with van der Waals surface area (Å²) in [6.07, 6.45) is 0. The van der Waals surface area contributed by atoms with Crippen molar-refractivity contribution >= 4 is 73.1 Å². The van der Waals surface area contributed by atoms with Gasteiger partial charge in [-0.25, -0.2) is 0 Å². The maximum Gasteiger partial charge on any atom is 0 e. The van der Waals surface area contributed by atoms with Crippen LogP contribution in [-0.2, 0) is 2.81 Å². The molecule has 0 atom stereocenters. The van der Waals surface area contributed by atoms with E-state index >= 15 is 0 Å². The van der Waals surface area contributed by atoms with E-state index < -0.39 is 0 Å². The van der Waals surface area contributed by atoms with Crippen LogP contribution in [0.15, 0.2) is 0 Å². The molecule has 0 fully saturated rings. The summed E-state index contributed by atoms with van der Waals surface area (Å²) in [6.45, 7) is 0. The van der Waals surface area contributed by atoms with Gasteiger partial charge in [0.05, 0.1) is 0 Å². The van der Waals surface area contributed by atoms with Gasteiger partial charge in [-0.15, -0.1) is 0 Å². The van der Waals surface area contributed by atoms with E-state index in [1.165, 1.54) is 0 Å². The first-order valence-corrected chi connectivity index (χ1v) is 1.60. The van der Waals surface area contributed by atoms with Crippen molar-refractivity contribution in [2.24, 2.45) is 0 Å². The summed E-state index contributed by atoms with van der Waals surface area (Å²) in [5, 5.41) is 0. The Bertz CT molecular complexity index is 8.00. The van der Waals surface area contributed by atoms with Crippen molar-refractivity contribution in [2.75, 3.05) is 0 Å². The summed E-state index contributed by atoms with van der Waals surface area (Å²) in [6, 6.07) is 0. The molecule has 20 valence electrons. The first-order chi connectivity index (χ1) is 1.00. The molecule has 0 heterocycles. The van der Waals surface area contributed by atoms with Gasteiger partial charge in [-0.1, -0.05) is 0 Å². The average molecular weight is 465 g/mol. The summed E-state index contributed by atoms with van der Waals surface area (Å²) in [5.74, 6) is 0. The van der Waals surface area contributed by atoms with E-state index in [1.807, 2.05) is 0 Å². The monoisotopic (exact) mass is 466 g/mol. The fourth-order valence-corrected chi connectivity index (χ4v) is 0. The maximum atomic E-state index is 8.36. The van der Waals surface area contributed by atoms with Gasteiger partial charge in [-0.2, -0.15) is 0 Å². The van der Waals surface area contributed by atoms with Gasteiger partial charge in [0.1, 0.15) is 0 Å². The summed E-state index contributed by atoms with van der Waals surface area (Å²) in [5.41, 5.74) is 0. The van der Waals surface area contributed by atoms with Gasteiger partial charge in [0.2, 0.25) is 0 Å². The largest absolute Gasteiger partial charge is 0 e. The van der Waals surface area contributed by atoms with Gasteiger partial charge in [-0.05, 0) is 0 Å². The molecule has 1 nitrogen and oxygen atoms in total. The van der Waals surface area contributed by atoms with Crippen molar-refractivity contribution in [3.05, 3.63) is 0 Å². The molecule has 4 heteroatoms. The molecule has 0 aliphatic heterocycles. The molecule has 0 aromatic rings. The predicted octanol–water partition coefficient (Wildman–Crippen LogP) is -1.26. The Morgan fingerprint density at radius 1 is 1.25 bits per heavy atom. The Balaban J connectivity index is -0.00000000500. The average Bonchev–Trinajstić information content (AvgIpc) is 1.00. The molecular weight excluding hydrogens is 465 g/mol. The molecule has 0 saturated carbocycles. The van der Waals surface area contributed by atoms with E-state index in [0.29, 0.717) is 0 Å². The van der Waals surface area contributed by atoms with Crippen LogP contribution in [0.2, 0.25) is 0 Å². The van der Waals surface area contributed by atoms with Crippen LogP contribution in [0.25, 0.3) is 0 Å². The second-order valence-electron chi connectivity index (χ2n) is 0. The van der Waals surface area contributed by atoms with E-state index in [4.69, 9.17) is 2.81 Å². The molecule has 0 unspecified atom stereocenters. The number of hydrogen-bond acceptors (Lipinski definition) is 1. The van der Waals surface area contributed by atoms with Gasteiger partial charge in [0.15, 0.2) is 0 Å². The molecule has 0 aliphatic carbocycles. The summed E-state index contributed by atoms with van der Waals surface area (Å²) >= 11 is 0.194. The molecule has 0 aromatic heterocycles. The van der Waals surface area contributed by atoms with Crippen LogP contribution >= 0.6 is 0 Å². The van der Waals surface area contributed by atoms with Crippen LogP contribution in [0.4, 0.5) is 0 Å². The zero-order valence-corrected chi connectivity index (χ0v) is 10.7. The summed E-state index contributed by atoms with van der Waals surface area (Å²) in [4.78, 5) is 0. The third-order valence-electron chi connectivity index (χ3n) is 0. The molecule has 4 heavy (non-hydrogen) atoms. The van der Waals surface area contributed by atoms with E-state index in [2.05, 4.69) is 0 Å². The molecule has 8 radical (unpaired) electrons. The Hall–Kier alpha value is 2.30. The van der Waals surface area contributed by atoms with Gasteiger partial charge < -0.3 is 0 Å². The minimum Gasteiger partial charge on any atom is 0 e. The third kappa shape index (κ3) is 8.85. The van der Waals surface area contributed by atoms with Crippen LogP contribution in [0.5, 0.6) is 0 Å². The van der Waals surface area contributed by atoms with Crippen LogP contribution in [0, 0.1) is 0 Å². The number of rotatable bonds is 0. The number of hydrogen-bond donors (Lipinski definition) is 0. The Kier molecular flexibility index (Phi) is 75.3. The van der Waals surface area contributed by atoms with Crippen LogP contribution in [0.3, 0.4) is 0 Å². The zero-order valence-electron chi connectivity index (χ0n) is 1.80. The molecule has 0 saturated heterocycles. The molecular formula is BiOSbSn. The van der Waals surface area contributed by atoms with Crippen LogP contribution in [0.1, 0.15) is 0 Å². The summed E-state index contributed by atoms with van der Waals surface area (Å²) < 4.78 is 8.36. The smallest absolute Gasteiger partial charge is 0 e. The van der Waals surface area contributed by atoms with Gasteiger partial charge >= 0.3 is 27.5 Å². The quantitative estimate of drug-likeness (QED) is 0.409. The van der Waals surface area contributed by atoms with E-state index in [0.717, 1.165) is 0 Å².